The summed E-state index contributed by atoms with van der Waals surface area (Å²) in [5, 5.41) is 42.0. The van der Waals surface area contributed by atoms with Crippen molar-refractivity contribution in [2.75, 3.05) is 28.2 Å². The molecule has 0 aliphatic carbocycles. The van der Waals surface area contributed by atoms with Crippen LogP contribution in [-0.4, -0.2) is 118 Å². The van der Waals surface area contributed by atoms with E-state index >= 15 is 0 Å². The molecule has 15 nitrogen and oxygen atoms in total. The molecular weight excluding hydrogens is 853 g/mol. The Morgan fingerprint density at radius 1 is 0.537 bits per heavy atom. The van der Waals surface area contributed by atoms with Gasteiger partial charge in [0.15, 0.2) is 12.2 Å². The van der Waals surface area contributed by atoms with Crippen LogP contribution in [0.2, 0.25) is 0 Å². The molecule has 2 unspecified atom stereocenters. The van der Waals surface area contributed by atoms with Crippen molar-refractivity contribution in [1.82, 2.24) is 28.6 Å². The Morgan fingerprint density at radius 3 is 1.19 bits per heavy atom. The Balaban J connectivity index is 0.000000209. The van der Waals surface area contributed by atoms with E-state index in [2.05, 4.69) is 76.2 Å². The molecule has 15 heteroatoms. The summed E-state index contributed by atoms with van der Waals surface area (Å²) in [7, 11) is 7.12. The zero-order valence-electron chi connectivity index (χ0n) is 40.0. The zero-order valence-corrected chi connectivity index (χ0v) is 40.0. The molecule has 0 spiro atoms. The summed E-state index contributed by atoms with van der Waals surface area (Å²) >= 11 is 0. The number of aliphatic carboxylic acids is 2. The number of aliphatic hydroxyl groups is 2. The molecule has 0 bridgehead atoms. The SMILES string of the molecule is Cc1ccc(-c2nc3ccc(C)cn3c2CC(=O)N(C)C)cc1.Cc1ccc(-c2nc3ccc(C)cn3c2CC(=O)N(C)C)cc1.Cc1ccc(C(C)C)c(O)c1.O=C(O)C(O)C(O)C(=O)O. The first-order valence-corrected chi connectivity index (χ1v) is 21.6. The van der Waals surface area contributed by atoms with Crippen LogP contribution in [0.25, 0.3) is 33.8 Å². The molecule has 0 saturated carbocycles. The minimum Gasteiger partial charge on any atom is -0.508 e. The topological polar surface area (TPSA) is 211 Å². The van der Waals surface area contributed by atoms with E-state index in [-0.39, 0.29) is 11.8 Å². The summed E-state index contributed by atoms with van der Waals surface area (Å²) in [6.45, 7) is 14.3. The third kappa shape index (κ3) is 14.1. The van der Waals surface area contributed by atoms with Crippen LogP contribution in [0.15, 0.2) is 103 Å². The van der Waals surface area contributed by atoms with Crippen LogP contribution in [0.5, 0.6) is 5.75 Å². The first-order valence-electron chi connectivity index (χ1n) is 21.6. The lowest BCUT2D eigenvalue weighted by Gasteiger charge is -2.11. The second-order valence-electron chi connectivity index (χ2n) is 17.1. The summed E-state index contributed by atoms with van der Waals surface area (Å²) in [4.78, 5) is 56.8. The number of aromatic nitrogens is 4. The number of fused-ring (bicyclic) bond motifs is 2. The van der Waals surface area contributed by atoms with Gasteiger partial charge in [-0.05, 0) is 81.0 Å². The Kier molecular flexibility index (Phi) is 18.1. The fourth-order valence-corrected chi connectivity index (χ4v) is 6.64. The van der Waals surface area contributed by atoms with Crippen molar-refractivity contribution in [3.05, 3.63) is 148 Å². The highest BCUT2D eigenvalue weighted by Gasteiger charge is 2.29. The molecule has 7 aromatic rings. The van der Waals surface area contributed by atoms with Gasteiger partial charge in [-0.25, -0.2) is 19.6 Å². The molecule has 4 heterocycles. The number of carboxylic acids is 2. The molecule has 67 heavy (non-hydrogen) atoms. The number of likely N-dealkylation sites (N-methyl/N-ethyl adjacent to an activating group) is 2. The van der Waals surface area contributed by atoms with E-state index in [1.165, 1.54) is 11.1 Å². The van der Waals surface area contributed by atoms with Crippen LogP contribution in [-0.2, 0) is 32.0 Å². The number of phenols is 1. The van der Waals surface area contributed by atoms with Gasteiger partial charge in [-0.2, -0.15) is 0 Å². The number of rotatable bonds is 10. The van der Waals surface area contributed by atoms with Crippen molar-refractivity contribution in [1.29, 1.82) is 0 Å². The van der Waals surface area contributed by atoms with Gasteiger partial charge in [0.2, 0.25) is 11.8 Å². The molecule has 3 aromatic carbocycles. The highest BCUT2D eigenvalue weighted by molar-refractivity contribution is 5.83. The minimum atomic E-state index is -2.27. The second kappa shape index (κ2) is 23.2. The number of phenolic OH excluding ortho intramolecular Hbond substituents is 1. The maximum absolute atomic E-state index is 12.3. The van der Waals surface area contributed by atoms with E-state index in [9.17, 15) is 24.3 Å². The van der Waals surface area contributed by atoms with Crippen molar-refractivity contribution in [2.24, 2.45) is 0 Å². The molecule has 0 fully saturated rings. The molecule has 0 aliphatic rings. The molecule has 5 N–H and O–H groups in total. The highest BCUT2D eigenvalue weighted by Crippen LogP contribution is 2.28. The van der Waals surface area contributed by atoms with E-state index in [1.807, 2.05) is 78.4 Å². The maximum atomic E-state index is 12.3. The quantitative estimate of drug-likeness (QED) is 0.0927. The number of carbonyl (C=O) groups excluding carboxylic acids is 2. The predicted molar refractivity (Wildman–Crippen MR) is 259 cm³/mol. The van der Waals surface area contributed by atoms with E-state index in [1.54, 1.807) is 44.1 Å². The molecular formula is C52H62N6O9. The van der Waals surface area contributed by atoms with Crippen molar-refractivity contribution >= 4 is 35.0 Å². The van der Waals surface area contributed by atoms with Crippen LogP contribution in [0.3, 0.4) is 0 Å². The van der Waals surface area contributed by atoms with Crippen LogP contribution in [0.1, 0.15) is 64.5 Å². The Morgan fingerprint density at radius 2 is 0.881 bits per heavy atom. The average Bonchev–Trinajstić information content (AvgIpc) is 3.80. The lowest BCUT2D eigenvalue weighted by Crippen LogP contribution is -2.39. The molecule has 7 rings (SSSR count). The van der Waals surface area contributed by atoms with Crippen molar-refractivity contribution in [3.8, 4) is 28.3 Å². The van der Waals surface area contributed by atoms with E-state index in [0.717, 1.165) is 67.5 Å². The number of carboxylic acid groups (broad SMARTS) is 2. The third-order valence-electron chi connectivity index (χ3n) is 10.6. The van der Waals surface area contributed by atoms with Gasteiger partial charge in [0, 0.05) is 51.7 Å². The van der Waals surface area contributed by atoms with Crippen LogP contribution < -0.4 is 0 Å². The van der Waals surface area contributed by atoms with Crippen molar-refractivity contribution in [2.45, 2.75) is 79.4 Å². The summed E-state index contributed by atoms with van der Waals surface area (Å²) in [5.41, 5.74) is 14.3. The minimum absolute atomic E-state index is 0.0710. The maximum Gasteiger partial charge on any atom is 0.335 e. The monoisotopic (exact) mass is 914 g/mol. The molecule has 2 atom stereocenters. The summed E-state index contributed by atoms with van der Waals surface area (Å²) in [5.74, 6) is -2.58. The Hall–Kier alpha value is -7.36. The summed E-state index contributed by atoms with van der Waals surface area (Å²) in [6.07, 6.45) is 0.216. The molecule has 0 aliphatic heterocycles. The number of nitrogens with zero attached hydrogens (tertiary/aromatic N) is 6. The van der Waals surface area contributed by atoms with Gasteiger partial charge in [-0.1, -0.05) is 97.8 Å². The number of aliphatic hydroxyl groups excluding tert-OH is 2. The number of aromatic hydroxyl groups is 1. The molecule has 2 amide bonds. The fraction of sp³-hybridized carbons (Fsp3) is 0.308. The average molecular weight is 915 g/mol. The van der Waals surface area contributed by atoms with E-state index in [4.69, 9.17) is 30.4 Å². The largest absolute Gasteiger partial charge is 0.508 e. The molecule has 354 valence electrons. The standard InChI is InChI=1S/2C19H21N3O.C10H14O.C4H6O6/c2*1-13-5-8-15(9-6-13)19-16(11-18(23)21(3)4)22-12-14(2)7-10-17(22)20-19;1-7(2)9-5-4-8(3)6-10(9)11;5-1(3(7)8)2(6)4(9)10/h2*5-10,12H,11H2,1-4H3;4-7,11H,1-3H3;1-2,5-6H,(H,7,8)(H,9,10). The van der Waals surface area contributed by atoms with Crippen LogP contribution in [0, 0.1) is 34.6 Å². The normalized spacial score (nSPS) is 11.6. The lowest BCUT2D eigenvalue weighted by atomic mass is 10.0. The second-order valence-corrected chi connectivity index (χ2v) is 17.1. The zero-order chi connectivity index (χ0) is 49.9. The van der Waals surface area contributed by atoms with E-state index < -0.39 is 24.1 Å². The fourth-order valence-electron chi connectivity index (χ4n) is 6.64. The predicted octanol–water partition coefficient (Wildman–Crippen LogP) is 7.20. The van der Waals surface area contributed by atoms with Gasteiger partial charge in [-0.3, -0.25) is 9.59 Å². The number of aryl methyl sites for hydroxylation is 5. The number of amides is 2. The number of imidazole rings is 2. The number of benzene rings is 3. The smallest absolute Gasteiger partial charge is 0.335 e. The molecule has 0 radical (unpaired) electrons. The number of pyridine rings is 2. The first kappa shape index (κ1) is 52.3. The molecule has 0 saturated heterocycles. The van der Waals surface area contributed by atoms with Gasteiger partial charge in [0.25, 0.3) is 0 Å². The lowest BCUT2D eigenvalue weighted by molar-refractivity contribution is -0.165. The molecule has 4 aromatic heterocycles. The Bertz CT molecular complexity index is 2660. The van der Waals surface area contributed by atoms with Crippen molar-refractivity contribution in [3.63, 3.8) is 0 Å². The number of carbonyl (C=O) groups is 4. The summed E-state index contributed by atoms with van der Waals surface area (Å²) < 4.78 is 4.07. The van der Waals surface area contributed by atoms with Crippen LogP contribution in [0.4, 0.5) is 0 Å². The van der Waals surface area contributed by atoms with Gasteiger partial charge >= 0.3 is 11.9 Å². The van der Waals surface area contributed by atoms with Gasteiger partial charge in [0.05, 0.1) is 35.6 Å². The Labute approximate surface area is 391 Å². The summed E-state index contributed by atoms with van der Waals surface area (Å²) in [6, 6.07) is 30.4. The number of hydrogen-bond donors (Lipinski definition) is 5. The van der Waals surface area contributed by atoms with Gasteiger partial charge in [-0.15, -0.1) is 0 Å². The highest BCUT2D eigenvalue weighted by atomic mass is 16.4. The van der Waals surface area contributed by atoms with Gasteiger partial charge < -0.3 is 44.1 Å². The number of hydrogen-bond acceptors (Lipinski definition) is 9. The first-order chi connectivity index (χ1) is 31.5. The van der Waals surface area contributed by atoms with Crippen molar-refractivity contribution < 1.29 is 44.7 Å². The third-order valence-corrected chi connectivity index (χ3v) is 10.6. The van der Waals surface area contributed by atoms with Gasteiger partial charge in [0.1, 0.15) is 17.0 Å². The van der Waals surface area contributed by atoms with Crippen LogP contribution >= 0.6 is 0 Å². The van der Waals surface area contributed by atoms with E-state index in [0.29, 0.717) is 24.5 Å².